The van der Waals surface area contributed by atoms with E-state index in [4.69, 9.17) is 5.20 Å². The number of rotatable bonds is 9. The Morgan fingerprint density at radius 2 is 0.905 bits per heavy atom. The van der Waals surface area contributed by atoms with Gasteiger partial charge in [0.1, 0.15) is 11.3 Å². The fourth-order valence-corrected chi connectivity index (χ4v) is 9.16. The van der Waals surface area contributed by atoms with Crippen LogP contribution in [0.25, 0.3) is 54.8 Å². The van der Waals surface area contributed by atoms with Crippen LogP contribution in [0.1, 0.15) is 5.56 Å². The number of para-hydroxylation sites is 3. The monoisotopic (exact) mass is 1170 g/mol. The molecule has 0 aliphatic carbocycles. The van der Waals surface area contributed by atoms with Crippen LogP contribution < -0.4 is 13.6 Å². The molecule has 0 atom stereocenters. The van der Waals surface area contributed by atoms with Crippen molar-refractivity contribution in [1.29, 1.82) is 5.15 Å². The van der Waals surface area contributed by atoms with Crippen molar-refractivity contribution in [2.24, 2.45) is 0 Å². The van der Waals surface area contributed by atoms with E-state index in [9.17, 15) is 0 Å². The molecule has 2 aromatic heterocycles. The quantitative estimate of drug-likeness (QED) is 0.0886. The summed E-state index contributed by atoms with van der Waals surface area (Å²) in [5.74, 6) is 0.839. The second-order valence-electron chi connectivity index (χ2n) is 16.9. The third kappa shape index (κ3) is 12.2. The maximum absolute atomic E-state index is 5.75. The molecule has 12 aromatic rings. The van der Waals surface area contributed by atoms with Crippen molar-refractivity contribution in [3.63, 3.8) is 0 Å². The van der Waals surface area contributed by atoms with E-state index >= 15 is 0 Å². The molecule has 0 spiro atoms. The molecular formula is C65H51AlIrN5OP-. The maximum Gasteiger partial charge on any atom is 0.494 e. The number of hydrogen-bond donors (Lipinski definition) is 1. The third-order valence-electron chi connectivity index (χ3n) is 12.4. The van der Waals surface area contributed by atoms with E-state index in [1.54, 1.807) is 6.20 Å². The molecule has 0 bridgehead atoms. The van der Waals surface area contributed by atoms with Gasteiger partial charge in [-0.05, 0) is 122 Å². The van der Waals surface area contributed by atoms with Crippen LogP contribution in [-0.2, 0) is 20.1 Å². The molecule has 2 heterocycles. The van der Waals surface area contributed by atoms with E-state index in [0.29, 0.717) is 0 Å². The first kappa shape index (κ1) is 50.9. The van der Waals surface area contributed by atoms with Crippen LogP contribution in [0.15, 0.2) is 273 Å². The Morgan fingerprint density at radius 1 is 0.473 bits per heavy atom. The van der Waals surface area contributed by atoms with Crippen molar-refractivity contribution in [3.05, 3.63) is 285 Å². The van der Waals surface area contributed by atoms with Gasteiger partial charge in [-0.3, -0.25) is 10.1 Å². The Balaban J connectivity index is 0.000000208. The van der Waals surface area contributed by atoms with E-state index in [-0.39, 0.29) is 20.1 Å². The minimum Gasteiger partial charge on any atom is -0.649 e. The molecule has 2 radical (unpaired) electrons. The number of nitrogens with one attached hydrogen (secondary N) is 1. The van der Waals surface area contributed by atoms with Crippen molar-refractivity contribution in [2.45, 2.75) is 6.92 Å². The van der Waals surface area contributed by atoms with Gasteiger partial charge in [0, 0.05) is 71.4 Å². The van der Waals surface area contributed by atoms with E-state index in [0.717, 1.165) is 62.0 Å². The zero-order valence-electron chi connectivity index (χ0n) is 41.7. The predicted octanol–water partition coefficient (Wildman–Crippen LogP) is 17.8. The summed E-state index contributed by atoms with van der Waals surface area (Å²) in [6.45, 7) is 2.06. The van der Waals surface area contributed by atoms with Gasteiger partial charge in [0.05, 0.1) is 11.4 Å². The summed E-state index contributed by atoms with van der Waals surface area (Å²) in [6, 6.07) is 94.1. The minimum absolute atomic E-state index is 0. The molecule has 6 nitrogen and oxygen atoms in total. The van der Waals surface area contributed by atoms with Crippen LogP contribution in [0.2, 0.25) is 1.41 Å². The number of aryl methyl sites for hydroxylation is 1. The van der Waals surface area contributed by atoms with Crippen LogP contribution in [0.3, 0.4) is 0 Å². The van der Waals surface area contributed by atoms with Gasteiger partial charge in [0.2, 0.25) is 0 Å². The van der Waals surface area contributed by atoms with Gasteiger partial charge in [0.15, 0.2) is 1.41 Å². The summed E-state index contributed by atoms with van der Waals surface area (Å²) in [7, 11) is 2.48. The molecule has 0 amide bonds. The van der Waals surface area contributed by atoms with Crippen molar-refractivity contribution < 1.29 is 25.3 Å². The van der Waals surface area contributed by atoms with Gasteiger partial charge < -0.3 is 18.6 Å². The molecule has 0 saturated heterocycles. The molecule has 0 aliphatic heterocycles. The summed E-state index contributed by atoms with van der Waals surface area (Å²) in [6.07, 6.45) is 3.58. The fourth-order valence-electron chi connectivity index (χ4n) is 8.92. The van der Waals surface area contributed by atoms with E-state index in [1.165, 1.54) is 54.9 Å². The smallest absolute Gasteiger partial charge is 0.494 e. The largest absolute Gasteiger partial charge is 0.649 e. The number of hydrogen-bond acceptors (Lipinski definition) is 6. The summed E-state index contributed by atoms with van der Waals surface area (Å²) in [5.41, 5.74) is 13.4. The summed E-state index contributed by atoms with van der Waals surface area (Å²) in [5, 5.41) is 8.57. The van der Waals surface area contributed by atoms with Crippen LogP contribution in [0.4, 0.5) is 34.1 Å². The van der Waals surface area contributed by atoms with Crippen molar-refractivity contribution in [3.8, 4) is 28.1 Å². The third-order valence-corrected chi connectivity index (χ3v) is 12.7. The average molecular weight is 1170 g/mol. The van der Waals surface area contributed by atoms with Crippen molar-refractivity contribution in [2.75, 3.05) is 9.80 Å². The number of aromatic nitrogens is 2. The Bertz CT molecular complexity index is 3550. The maximum atomic E-state index is 5.75. The molecule has 10 aromatic carbocycles. The van der Waals surface area contributed by atoms with E-state index in [2.05, 4.69) is 247 Å². The summed E-state index contributed by atoms with van der Waals surface area (Å²) < 4.78 is 10.9. The predicted molar refractivity (Wildman–Crippen MR) is 310 cm³/mol. The Kier molecular flexibility index (Phi) is 17.9. The second-order valence-corrected chi connectivity index (χ2v) is 17.1. The fraction of sp³-hybridized carbons (Fsp3) is 0.0154. The topological polar surface area (TPSA) is 65.3 Å². The zero-order valence-corrected chi connectivity index (χ0v) is 45.5. The molecule has 12 rings (SSSR count). The molecule has 0 saturated carbocycles. The van der Waals surface area contributed by atoms with Crippen LogP contribution >= 0.6 is 9.03 Å². The Morgan fingerprint density at radius 3 is 1.42 bits per heavy atom. The Labute approximate surface area is 459 Å². The van der Waals surface area contributed by atoms with Crippen LogP contribution in [-0.4, -0.2) is 26.6 Å². The summed E-state index contributed by atoms with van der Waals surface area (Å²) in [4.78, 5) is 13.2. The molecule has 0 aliphatic rings. The first-order valence-electron chi connectivity index (χ1n) is 24.3. The molecule has 9 heteroatoms. The molecular weight excluding hydrogens is 1120 g/mol. The van der Waals surface area contributed by atoms with Crippen LogP contribution in [0.5, 0.6) is 5.75 Å². The number of pyridine rings is 2. The van der Waals surface area contributed by atoms with E-state index < -0.39 is 0 Å². The second kappa shape index (κ2) is 26.1. The first-order valence-corrected chi connectivity index (χ1v) is 24.9. The normalized spacial score (nSPS) is 10.4. The Hall–Kier alpha value is -8.04. The van der Waals surface area contributed by atoms with Gasteiger partial charge in [-0.15, -0.1) is 35.9 Å². The van der Waals surface area contributed by atoms with Crippen molar-refractivity contribution >= 4 is 92.2 Å². The number of fused-ring (bicyclic) bond motifs is 3. The van der Waals surface area contributed by atoms with Gasteiger partial charge in [0.25, 0.3) is 0 Å². The molecule has 1 N–H and O–H groups in total. The molecule has 0 fully saturated rings. The first-order chi connectivity index (χ1) is 36.5. The van der Waals surface area contributed by atoms with Gasteiger partial charge in [-0.1, -0.05) is 163 Å². The number of benzene rings is 10. The van der Waals surface area contributed by atoms with E-state index in [1.807, 2.05) is 66.9 Å². The van der Waals surface area contributed by atoms with Gasteiger partial charge >= 0.3 is 16.6 Å². The number of nitrogens with zero attached hydrogens (tertiary/aromatic N) is 4. The van der Waals surface area contributed by atoms with Crippen molar-refractivity contribution in [1.82, 2.24) is 9.97 Å². The van der Waals surface area contributed by atoms with Gasteiger partial charge in [-0.2, -0.15) is 0 Å². The zero-order chi connectivity index (χ0) is 50.9. The molecule has 0 unspecified atom stereocenters. The average Bonchev–Trinajstić information content (AvgIpc) is 3.47. The SMILES string of the molecule is Cc1cccnc1-c1[c-]cccc1.[2H]N=P.[AlH][O]c1cccc2cccnc12.[Ir].c1ccc(N(c2ccc(-c3ccc(N(c4ccccc4)c4cccc5ccccc45)cc3)cc2)c2cccc3ccccc23)cc1. The summed E-state index contributed by atoms with van der Waals surface area (Å²) >= 11 is 1.47. The number of anilines is 6. The molecule has 74 heavy (non-hydrogen) atoms. The molecule has 360 valence electrons. The van der Waals surface area contributed by atoms with Crippen LogP contribution in [0, 0.1) is 18.1 Å². The standard InChI is InChI=1S/C44H32N2.C12H10N.C9H7NO.Al.Ir.H2NP.H/c1-3-17-37(18-4-1)45(43-23-11-15-35-13-7-9-21-41(35)43)39-29-25-33(26-30-39)34-27-31-40(32-28-34)46(38-19-5-2-6-20-38)44-24-12-16-36-14-8-10-22-42(36)44;1-10-6-5-9-13-12(10)11-7-3-2-4-8-11;11-8-5-1-3-7-4-2-6-10-9(7)8;;;1-2;/h1-32H;2-7,9H,1H3;1-6,11H;;;1-2H;/q;-1;;+1;;;/p-1/i/hD. The minimum atomic E-state index is 0. The van der Waals surface area contributed by atoms with Gasteiger partial charge in [-0.25, -0.2) is 0 Å².